The predicted octanol–water partition coefficient (Wildman–Crippen LogP) is 4.84. The fraction of sp³-hybridized carbons (Fsp3) is 0.650. The van der Waals surface area contributed by atoms with Crippen LogP contribution in [-0.4, -0.2) is 40.6 Å². The van der Waals surface area contributed by atoms with Gasteiger partial charge in [-0.25, -0.2) is 0 Å². The third kappa shape index (κ3) is 5.35. The van der Waals surface area contributed by atoms with Crippen LogP contribution in [0.2, 0.25) is 0 Å². The van der Waals surface area contributed by atoms with Gasteiger partial charge in [0.15, 0.2) is 0 Å². The second-order valence-electron chi connectivity index (χ2n) is 8.69. The van der Waals surface area contributed by atoms with Gasteiger partial charge < -0.3 is 14.7 Å². The van der Waals surface area contributed by atoms with E-state index < -0.39 is 0 Å². The van der Waals surface area contributed by atoms with E-state index in [1.165, 1.54) is 5.56 Å². The molecule has 1 aromatic rings. The zero-order chi connectivity index (χ0) is 18.8. The van der Waals surface area contributed by atoms with Crippen molar-refractivity contribution in [3.63, 3.8) is 0 Å². The van der Waals surface area contributed by atoms with E-state index in [1.807, 2.05) is 0 Å². The summed E-state index contributed by atoms with van der Waals surface area (Å²) in [4.78, 5) is 2.22. The molecule has 0 aromatic heterocycles. The van der Waals surface area contributed by atoms with Crippen LogP contribution >= 0.6 is 24.0 Å². The number of aromatic hydroxyl groups is 1. The van der Waals surface area contributed by atoms with Gasteiger partial charge in [0.2, 0.25) is 0 Å². The number of ether oxygens (including phenoxy) is 1. The first-order valence-corrected chi connectivity index (χ1v) is 10.3. The Hall–Kier alpha value is -0.780. The number of thioether (sulfide) groups is 1. The molecule has 1 heterocycles. The monoisotopic (exact) mass is 381 g/mol. The van der Waals surface area contributed by atoms with Crippen LogP contribution in [0.5, 0.6) is 5.75 Å². The van der Waals surface area contributed by atoms with Crippen LogP contribution in [0, 0.1) is 0 Å². The number of benzene rings is 1. The molecule has 3 nitrogen and oxygen atoms in total. The number of nitrogens with zero attached hydrogens (tertiary/aromatic N) is 1. The highest BCUT2D eigenvalue weighted by Gasteiger charge is 2.26. The Morgan fingerprint density at radius 2 is 1.56 bits per heavy atom. The average Bonchev–Trinajstić information content (AvgIpc) is 2.52. The van der Waals surface area contributed by atoms with E-state index in [0.29, 0.717) is 5.75 Å². The number of rotatable bonds is 2. The highest BCUT2D eigenvalue weighted by atomic mass is 32.2. The van der Waals surface area contributed by atoms with Crippen molar-refractivity contribution in [3.05, 3.63) is 28.8 Å². The minimum atomic E-state index is -0.102. The van der Waals surface area contributed by atoms with Crippen molar-refractivity contribution in [1.29, 1.82) is 0 Å². The molecule has 140 valence electrons. The Labute approximate surface area is 162 Å². The van der Waals surface area contributed by atoms with E-state index in [9.17, 15) is 5.11 Å². The van der Waals surface area contributed by atoms with Crippen LogP contribution in [0.4, 0.5) is 0 Å². The Balaban J connectivity index is 2.23. The van der Waals surface area contributed by atoms with Gasteiger partial charge in [-0.3, -0.25) is 0 Å². The maximum absolute atomic E-state index is 10.8. The van der Waals surface area contributed by atoms with Gasteiger partial charge in [-0.15, -0.1) is 0 Å². The summed E-state index contributed by atoms with van der Waals surface area (Å²) in [5.74, 6) is 1.26. The van der Waals surface area contributed by atoms with Gasteiger partial charge in [0.05, 0.1) is 13.2 Å². The van der Waals surface area contributed by atoms with Crippen LogP contribution in [0.15, 0.2) is 12.1 Å². The van der Waals surface area contributed by atoms with Crippen molar-refractivity contribution in [1.82, 2.24) is 4.90 Å². The highest BCUT2D eigenvalue weighted by Crippen LogP contribution is 2.40. The number of morpholine rings is 1. The van der Waals surface area contributed by atoms with Gasteiger partial charge in [0.25, 0.3) is 0 Å². The quantitative estimate of drug-likeness (QED) is 0.741. The van der Waals surface area contributed by atoms with E-state index in [0.717, 1.165) is 47.5 Å². The van der Waals surface area contributed by atoms with E-state index in [4.69, 9.17) is 17.0 Å². The summed E-state index contributed by atoms with van der Waals surface area (Å²) in [5, 5.41) is 10.8. The lowest BCUT2D eigenvalue weighted by Crippen LogP contribution is -2.38. The first-order valence-electron chi connectivity index (χ1n) is 8.86. The zero-order valence-electron chi connectivity index (χ0n) is 16.3. The van der Waals surface area contributed by atoms with E-state index in [2.05, 4.69) is 58.6 Å². The predicted molar refractivity (Wildman–Crippen MR) is 112 cm³/mol. The summed E-state index contributed by atoms with van der Waals surface area (Å²) >= 11 is 7.30. The lowest BCUT2D eigenvalue weighted by atomic mass is 9.78. The molecule has 0 radical (unpaired) electrons. The molecule has 0 atom stereocenters. The number of hydrogen-bond acceptors (Lipinski definition) is 4. The summed E-state index contributed by atoms with van der Waals surface area (Å²) in [7, 11) is 0. The molecule has 5 heteroatoms. The standard InChI is InChI=1S/C20H31NO2S2/c1-19(2,3)15-11-14(12-16(17(15)22)20(4,5)6)13-25-18(24)21-7-9-23-10-8-21/h11-12,22H,7-10,13H2,1-6H3. The normalized spacial score (nSPS) is 16.2. The molecular weight excluding hydrogens is 350 g/mol. The molecule has 0 bridgehead atoms. The Bertz CT molecular complexity index is 589. The molecule has 0 aliphatic carbocycles. The molecule has 1 aliphatic heterocycles. The van der Waals surface area contributed by atoms with Crippen molar-refractivity contribution in [2.75, 3.05) is 26.3 Å². The highest BCUT2D eigenvalue weighted by molar-refractivity contribution is 8.22. The minimum absolute atomic E-state index is 0.102. The van der Waals surface area contributed by atoms with Gasteiger partial charge >= 0.3 is 0 Å². The lowest BCUT2D eigenvalue weighted by Gasteiger charge is -2.29. The summed E-state index contributed by atoms with van der Waals surface area (Å²) in [5.41, 5.74) is 3.03. The van der Waals surface area contributed by atoms with Crippen LogP contribution in [0.1, 0.15) is 58.2 Å². The molecule has 2 rings (SSSR count). The van der Waals surface area contributed by atoms with Gasteiger partial charge in [0, 0.05) is 18.8 Å². The van der Waals surface area contributed by atoms with Crippen molar-refractivity contribution in [2.24, 2.45) is 0 Å². The van der Waals surface area contributed by atoms with Crippen LogP contribution in [0.25, 0.3) is 0 Å². The fourth-order valence-electron chi connectivity index (χ4n) is 2.90. The molecule has 1 N–H and O–H groups in total. The minimum Gasteiger partial charge on any atom is -0.507 e. The molecule has 1 aromatic carbocycles. The van der Waals surface area contributed by atoms with Crippen molar-refractivity contribution in [3.8, 4) is 5.75 Å². The number of thiocarbonyl (C=S) groups is 1. The molecule has 0 spiro atoms. The molecule has 1 saturated heterocycles. The van der Waals surface area contributed by atoms with Crippen LogP contribution in [0.3, 0.4) is 0 Å². The smallest absolute Gasteiger partial charge is 0.136 e. The van der Waals surface area contributed by atoms with Crippen LogP contribution < -0.4 is 0 Å². The molecule has 1 fully saturated rings. The molecular formula is C20H31NO2S2. The Morgan fingerprint density at radius 3 is 2.00 bits per heavy atom. The zero-order valence-corrected chi connectivity index (χ0v) is 17.9. The van der Waals surface area contributed by atoms with E-state index in [-0.39, 0.29) is 10.8 Å². The van der Waals surface area contributed by atoms with Gasteiger partial charge in [-0.2, -0.15) is 0 Å². The topological polar surface area (TPSA) is 32.7 Å². The van der Waals surface area contributed by atoms with Gasteiger partial charge in [-0.1, -0.05) is 77.7 Å². The number of phenols is 1. The second kappa shape index (κ2) is 7.85. The lowest BCUT2D eigenvalue weighted by molar-refractivity contribution is 0.0702. The molecule has 25 heavy (non-hydrogen) atoms. The van der Waals surface area contributed by atoms with Crippen molar-refractivity contribution in [2.45, 2.75) is 58.1 Å². The van der Waals surface area contributed by atoms with Crippen molar-refractivity contribution < 1.29 is 9.84 Å². The Morgan fingerprint density at radius 1 is 1.08 bits per heavy atom. The maximum atomic E-state index is 10.8. The summed E-state index contributed by atoms with van der Waals surface area (Å²) < 4.78 is 6.33. The second-order valence-corrected chi connectivity index (χ2v) is 10.3. The van der Waals surface area contributed by atoms with Gasteiger partial charge in [-0.05, 0) is 27.5 Å². The SMILES string of the molecule is CC(C)(C)c1cc(CSC(=S)N2CCOCC2)cc(C(C)(C)C)c1O. The van der Waals surface area contributed by atoms with Crippen molar-refractivity contribution >= 4 is 28.3 Å². The Kier molecular flexibility index (Phi) is 6.45. The molecule has 0 saturated carbocycles. The van der Waals surface area contributed by atoms with Gasteiger partial charge in [0.1, 0.15) is 10.1 Å². The molecule has 0 unspecified atom stereocenters. The fourth-order valence-corrected chi connectivity index (χ4v) is 4.08. The third-order valence-electron chi connectivity index (χ3n) is 4.42. The maximum Gasteiger partial charge on any atom is 0.136 e. The molecule has 0 amide bonds. The first-order chi connectivity index (χ1) is 11.5. The summed E-state index contributed by atoms with van der Waals surface area (Å²) in [6.07, 6.45) is 0. The molecule has 1 aliphatic rings. The summed E-state index contributed by atoms with van der Waals surface area (Å²) in [6, 6.07) is 4.28. The first kappa shape index (κ1) is 20.5. The number of hydrogen-bond donors (Lipinski definition) is 1. The average molecular weight is 382 g/mol. The van der Waals surface area contributed by atoms with E-state index >= 15 is 0 Å². The van der Waals surface area contributed by atoms with E-state index in [1.54, 1.807) is 11.8 Å². The van der Waals surface area contributed by atoms with Crippen LogP contribution in [-0.2, 0) is 21.3 Å². The third-order valence-corrected chi connectivity index (χ3v) is 6.01. The summed E-state index contributed by atoms with van der Waals surface area (Å²) in [6.45, 7) is 16.1. The number of phenolic OH excluding ortho intramolecular Hbond substituents is 1. The largest absolute Gasteiger partial charge is 0.507 e.